The minimum atomic E-state index is -0.359. The van der Waals surface area contributed by atoms with Gasteiger partial charge < -0.3 is 23.5 Å². The number of likely N-dealkylation sites (N-methyl/N-ethyl adjacent to an activating group) is 1. The Hall–Kier alpha value is -3.41. The minimum absolute atomic E-state index is 0.189. The van der Waals surface area contributed by atoms with Gasteiger partial charge in [0.1, 0.15) is 5.58 Å². The van der Waals surface area contributed by atoms with Crippen molar-refractivity contribution in [2.45, 2.75) is 20.3 Å². The molecule has 0 atom stereocenters. The van der Waals surface area contributed by atoms with E-state index in [0.717, 1.165) is 51.9 Å². The van der Waals surface area contributed by atoms with Crippen molar-refractivity contribution in [1.82, 2.24) is 4.90 Å². The molecule has 6 nitrogen and oxygen atoms in total. The molecular formula is C24H23NO5. The summed E-state index contributed by atoms with van der Waals surface area (Å²) < 4.78 is 22.6. The van der Waals surface area contributed by atoms with Gasteiger partial charge in [-0.15, -0.1) is 0 Å². The van der Waals surface area contributed by atoms with Crippen LogP contribution in [0, 0.1) is 13.8 Å². The summed E-state index contributed by atoms with van der Waals surface area (Å²) in [7, 11) is 3.67. The van der Waals surface area contributed by atoms with Crippen LogP contribution in [0.1, 0.15) is 27.8 Å². The number of rotatable bonds is 2. The van der Waals surface area contributed by atoms with E-state index in [1.54, 1.807) is 13.2 Å². The Morgan fingerprint density at radius 3 is 2.77 bits per heavy atom. The zero-order valence-corrected chi connectivity index (χ0v) is 17.5. The fourth-order valence-electron chi connectivity index (χ4n) is 4.26. The molecule has 154 valence electrons. The number of fused-ring (bicyclic) bond motifs is 3. The molecule has 1 aromatic heterocycles. The molecule has 30 heavy (non-hydrogen) atoms. The first-order valence-electron chi connectivity index (χ1n) is 9.94. The maximum absolute atomic E-state index is 12.5. The van der Waals surface area contributed by atoms with Crippen LogP contribution in [0.3, 0.4) is 0 Å². The van der Waals surface area contributed by atoms with E-state index >= 15 is 0 Å². The molecule has 0 spiro atoms. The summed E-state index contributed by atoms with van der Waals surface area (Å²) >= 11 is 0. The van der Waals surface area contributed by atoms with Crippen molar-refractivity contribution < 1.29 is 18.6 Å². The number of benzene rings is 2. The van der Waals surface area contributed by atoms with Gasteiger partial charge in [0.15, 0.2) is 11.5 Å². The normalized spacial score (nSPS) is 15.1. The van der Waals surface area contributed by atoms with Crippen LogP contribution in [0.5, 0.6) is 17.2 Å². The van der Waals surface area contributed by atoms with E-state index in [1.807, 2.05) is 33.0 Å². The minimum Gasteiger partial charge on any atom is -0.492 e. The van der Waals surface area contributed by atoms with Crippen molar-refractivity contribution in [3.05, 3.63) is 62.5 Å². The van der Waals surface area contributed by atoms with Gasteiger partial charge in [0, 0.05) is 41.9 Å². The standard InChI is InChI=1S/C24H23NO5/c1-13-5-6-16-18(11-21(26)30-22(16)14(13)2)19-10-17-15(7-8-25(19)3)9-20-24(23(17)27-4)29-12-28-20/h5-6,9-11H,7-8,12H2,1-4H3. The Bertz CT molecular complexity index is 1270. The number of aryl methyl sites for hydroxylation is 2. The first-order valence-corrected chi connectivity index (χ1v) is 9.94. The molecule has 0 N–H and O–H groups in total. The monoisotopic (exact) mass is 405 g/mol. The molecule has 0 fully saturated rings. The summed E-state index contributed by atoms with van der Waals surface area (Å²) in [5.41, 5.74) is 6.20. The molecule has 5 rings (SSSR count). The molecule has 0 radical (unpaired) electrons. The van der Waals surface area contributed by atoms with E-state index in [2.05, 4.69) is 17.0 Å². The molecule has 3 heterocycles. The first-order chi connectivity index (χ1) is 14.5. The number of methoxy groups -OCH3 is 1. The van der Waals surface area contributed by atoms with Crippen LogP contribution in [-0.2, 0) is 6.42 Å². The van der Waals surface area contributed by atoms with Crippen molar-refractivity contribution in [3.8, 4) is 17.2 Å². The molecule has 0 unspecified atom stereocenters. The summed E-state index contributed by atoms with van der Waals surface area (Å²) in [4.78, 5) is 14.6. The number of ether oxygens (including phenoxy) is 3. The molecule has 0 bridgehead atoms. The van der Waals surface area contributed by atoms with E-state index in [1.165, 1.54) is 0 Å². The summed E-state index contributed by atoms with van der Waals surface area (Å²) in [6, 6.07) is 7.68. The van der Waals surface area contributed by atoms with E-state index in [0.29, 0.717) is 22.8 Å². The Morgan fingerprint density at radius 2 is 1.97 bits per heavy atom. The van der Waals surface area contributed by atoms with E-state index in [-0.39, 0.29) is 12.4 Å². The third kappa shape index (κ3) is 2.75. The average molecular weight is 405 g/mol. The first kappa shape index (κ1) is 18.6. The summed E-state index contributed by atoms with van der Waals surface area (Å²) in [6.07, 6.45) is 2.89. The van der Waals surface area contributed by atoms with Gasteiger partial charge in [-0.2, -0.15) is 0 Å². The lowest BCUT2D eigenvalue weighted by Gasteiger charge is -2.22. The van der Waals surface area contributed by atoms with Gasteiger partial charge in [0.05, 0.1) is 7.11 Å². The van der Waals surface area contributed by atoms with Gasteiger partial charge in [0.2, 0.25) is 12.5 Å². The Morgan fingerprint density at radius 1 is 1.13 bits per heavy atom. The highest BCUT2D eigenvalue weighted by Gasteiger charge is 2.27. The molecular weight excluding hydrogens is 382 g/mol. The predicted octanol–water partition coefficient (Wildman–Crippen LogP) is 4.13. The van der Waals surface area contributed by atoms with Crippen LogP contribution in [-0.4, -0.2) is 32.4 Å². The second-order valence-electron chi connectivity index (χ2n) is 7.78. The van der Waals surface area contributed by atoms with E-state index in [4.69, 9.17) is 18.6 Å². The summed E-state index contributed by atoms with van der Waals surface area (Å²) in [5, 5.41) is 0.916. The zero-order chi connectivity index (χ0) is 21.0. The number of hydrogen-bond donors (Lipinski definition) is 0. The summed E-state index contributed by atoms with van der Waals surface area (Å²) in [5.74, 6) is 1.99. The second kappa shape index (κ2) is 6.83. The van der Waals surface area contributed by atoms with Crippen molar-refractivity contribution in [2.24, 2.45) is 0 Å². The Kier molecular flexibility index (Phi) is 4.24. The van der Waals surface area contributed by atoms with Gasteiger partial charge in [-0.1, -0.05) is 12.1 Å². The highest BCUT2D eigenvalue weighted by molar-refractivity contribution is 5.97. The van der Waals surface area contributed by atoms with E-state index < -0.39 is 0 Å². The van der Waals surface area contributed by atoms with Crippen LogP contribution in [0.2, 0.25) is 0 Å². The van der Waals surface area contributed by atoms with Gasteiger partial charge >= 0.3 is 5.63 Å². The van der Waals surface area contributed by atoms with Crippen LogP contribution >= 0.6 is 0 Å². The van der Waals surface area contributed by atoms with E-state index in [9.17, 15) is 4.79 Å². The molecule has 6 heteroatoms. The molecule has 2 aliphatic heterocycles. The van der Waals surface area contributed by atoms with Crippen LogP contribution in [0.25, 0.3) is 22.7 Å². The maximum Gasteiger partial charge on any atom is 0.336 e. The molecule has 0 aliphatic carbocycles. The smallest absolute Gasteiger partial charge is 0.336 e. The lowest BCUT2D eigenvalue weighted by Crippen LogP contribution is -2.19. The third-order valence-corrected chi connectivity index (χ3v) is 6.06. The van der Waals surface area contributed by atoms with Crippen molar-refractivity contribution in [3.63, 3.8) is 0 Å². The van der Waals surface area contributed by atoms with Crippen LogP contribution < -0.4 is 19.8 Å². The topological polar surface area (TPSA) is 61.1 Å². The van der Waals surface area contributed by atoms with Crippen LogP contribution in [0.4, 0.5) is 0 Å². The Balaban J connectivity index is 1.80. The fourth-order valence-corrected chi connectivity index (χ4v) is 4.26. The molecule has 0 amide bonds. The van der Waals surface area contributed by atoms with Gasteiger partial charge in [-0.05, 0) is 49.1 Å². The molecule has 0 saturated carbocycles. The van der Waals surface area contributed by atoms with Crippen LogP contribution in [0.15, 0.2) is 33.5 Å². The Labute approximate surface area is 174 Å². The fraction of sp³-hybridized carbons (Fsp3) is 0.292. The largest absolute Gasteiger partial charge is 0.492 e. The number of nitrogens with zero attached hydrogens (tertiary/aromatic N) is 1. The van der Waals surface area contributed by atoms with Gasteiger partial charge in [0.25, 0.3) is 0 Å². The maximum atomic E-state index is 12.5. The molecule has 2 aliphatic rings. The quantitative estimate of drug-likeness (QED) is 0.598. The van der Waals surface area contributed by atoms with Crippen molar-refractivity contribution >= 4 is 22.7 Å². The molecule has 3 aromatic rings. The molecule has 2 aromatic carbocycles. The van der Waals surface area contributed by atoms with Gasteiger partial charge in [-0.3, -0.25) is 0 Å². The highest BCUT2D eigenvalue weighted by atomic mass is 16.7. The third-order valence-electron chi connectivity index (χ3n) is 6.06. The lowest BCUT2D eigenvalue weighted by atomic mass is 9.98. The van der Waals surface area contributed by atoms with Crippen molar-refractivity contribution in [1.29, 1.82) is 0 Å². The average Bonchev–Trinajstić information content (AvgIpc) is 3.13. The SMILES string of the molecule is COc1c2c(cc3c1OCO3)CCN(C)C(c1cc(=O)oc3c(C)c(C)ccc13)=C2. The number of hydrogen-bond acceptors (Lipinski definition) is 6. The highest BCUT2D eigenvalue weighted by Crippen LogP contribution is 2.47. The van der Waals surface area contributed by atoms with Crippen molar-refractivity contribution in [2.75, 3.05) is 27.5 Å². The lowest BCUT2D eigenvalue weighted by molar-refractivity contribution is 0.171. The zero-order valence-electron chi connectivity index (χ0n) is 17.5. The predicted molar refractivity (Wildman–Crippen MR) is 115 cm³/mol. The summed E-state index contributed by atoms with van der Waals surface area (Å²) in [6.45, 7) is 4.97. The second-order valence-corrected chi connectivity index (χ2v) is 7.78. The van der Waals surface area contributed by atoms with Gasteiger partial charge in [-0.25, -0.2) is 4.79 Å². The molecule has 0 saturated heterocycles.